The summed E-state index contributed by atoms with van der Waals surface area (Å²) in [5.41, 5.74) is 8.07. The molecule has 1 heterocycles. The second-order valence-electron chi connectivity index (χ2n) is 5.23. The molecule has 19 heavy (non-hydrogen) atoms. The molecule has 1 aromatic heterocycles. The molecule has 0 fully saturated rings. The molecule has 0 bridgehead atoms. The van der Waals surface area contributed by atoms with Crippen molar-refractivity contribution in [3.63, 3.8) is 0 Å². The first kappa shape index (κ1) is 13.8. The van der Waals surface area contributed by atoms with Gasteiger partial charge in [-0.1, -0.05) is 6.07 Å². The first-order chi connectivity index (χ1) is 8.95. The van der Waals surface area contributed by atoms with E-state index in [1.54, 1.807) is 12.4 Å². The van der Waals surface area contributed by atoms with Crippen LogP contribution in [0.5, 0.6) is 0 Å². The largest absolute Gasteiger partial charge is 0.384 e. The van der Waals surface area contributed by atoms with Gasteiger partial charge in [-0.2, -0.15) is 0 Å². The number of rotatable bonds is 2. The minimum Gasteiger partial charge on any atom is -0.384 e. The third-order valence-corrected chi connectivity index (χ3v) is 4.33. The zero-order chi connectivity index (χ0) is 14.2. The fourth-order valence-corrected chi connectivity index (χ4v) is 2.64. The van der Waals surface area contributed by atoms with Crippen LogP contribution in [0.1, 0.15) is 45.0 Å². The van der Waals surface area contributed by atoms with Crippen molar-refractivity contribution in [1.82, 2.24) is 4.98 Å². The number of hydrogen-bond acceptors (Lipinski definition) is 2. The lowest BCUT2D eigenvalue weighted by Crippen LogP contribution is -2.09. The van der Waals surface area contributed by atoms with Crippen molar-refractivity contribution < 1.29 is 5.11 Å². The topological polar surface area (TPSA) is 33.1 Å². The smallest absolute Gasteiger partial charge is 0.106 e. The van der Waals surface area contributed by atoms with Crippen molar-refractivity contribution in [2.24, 2.45) is 0 Å². The molecule has 0 saturated heterocycles. The first-order valence-electron chi connectivity index (χ1n) is 6.60. The Balaban J connectivity index is 2.64. The molecule has 0 saturated carbocycles. The van der Waals surface area contributed by atoms with Crippen LogP contribution in [-0.2, 0) is 0 Å². The van der Waals surface area contributed by atoms with Crippen molar-refractivity contribution in [2.75, 3.05) is 0 Å². The summed E-state index contributed by atoms with van der Waals surface area (Å²) in [5.74, 6) is 0. The van der Waals surface area contributed by atoms with Crippen LogP contribution >= 0.6 is 0 Å². The van der Waals surface area contributed by atoms with E-state index in [4.69, 9.17) is 0 Å². The Bertz CT molecular complexity index is 573. The molecule has 1 aromatic carbocycles. The minimum atomic E-state index is -0.605. The maximum absolute atomic E-state index is 10.7. The highest BCUT2D eigenvalue weighted by Crippen LogP contribution is 2.33. The van der Waals surface area contributed by atoms with Gasteiger partial charge >= 0.3 is 0 Å². The van der Waals surface area contributed by atoms with E-state index < -0.39 is 6.10 Å². The van der Waals surface area contributed by atoms with Crippen molar-refractivity contribution in [2.45, 2.75) is 40.7 Å². The van der Waals surface area contributed by atoms with E-state index in [1.807, 2.05) is 12.1 Å². The van der Waals surface area contributed by atoms with Crippen LogP contribution in [-0.4, -0.2) is 10.1 Å². The molecule has 2 heteroatoms. The molecular weight excluding hydrogens is 234 g/mol. The van der Waals surface area contributed by atoms with Crippen LogP contribution in [0.4, 0.5) is 0 Å². The van der Waals surface area contributed by atoms with Gasteiger partial charge in [0.2, 0.25) is 0 Å². The maximum atomic E-state index is 10.7. The van der Waals surface area contributed by atoms with Crippen molar-refractivity contribution in [3.8, 4) is 0 Å². The van der Waals surface area contributed by atoms with Crippen LogP contribution in [0.3, 0.4) is 0 Å². The highest BCUT2D eigenvalue weighted by atomic mass is 16.3. The standard InChI is InChI=1S/C17H21NO/c1-10-11(2)13(4)16(14(5)12(10)3)17(19)15-7-6-8-18-9-15/h6-9,17,19H,1-5H3. The zero-order valence-corrected chi connectivity index (χ0v) is 12.3. The van der Waals surface area contributed by atoms with Gasteiger partial charge in [0.1, 0.15) is 6.10 Å². The molecule has 1 atom stereocenters. The van der Waals surface area contributed by atoms with E-state index in [0.29, 0.717) is 0 Å². The predicted molar refractivity (Wildman–Crippen MR) is 78.4 cm³/mol. The molecule has 2 aromatic rings. The van der Waals surface area contributed by atoms with Gasteiger partial charge in [0.15, 0.2) is 0 Å². The molecular formula is C17H21NO. The van der Waals surface area contributed by atoms with Gasteiger partial charge in [-0.15, -0.1) is 0 Å². The fourth-order valence-electron chi connectivity index (χ4n) is 2.64. The summed E-state index contributed by atoms with van der Waals surface area (Å²) in [7, 11) is 0. The number of benzene rings is 1. The fraction of sp³-hybridized carbons (Fsp3) is 0.353. The molecule has 0 amide bonds. The summed E-state index contributed by atoms with van der Waals surface area (Å²) in [6.45, 7) is 10.6. The number of aliphatic hydroxyl groups is 1. The lowest BCUT2D eigenvalue weighted by molar-refractivity contribution is 0.218. The van der Waals surface area contributed by atoms with E-state index in [0.717, 1.165) is 11.1 Å². The number of pyridine rings is 1. The molecule has 0 radical (unpaired) electrons. The first-order valence-corrected chi connectivity index (χ1v) is 6.60. The SMILES string of the molecule is Cc1c(C)c(C)c(C(O)c2cccnc2)c(C)c1C. The molecule has 1 N–H and O–H groups in total. The summed E-state index contributed by atoms with van der Waals surface area (Å²) in [5, 5.41) is 10.7. The Hall–Kier alpha value is -1.67. The van der Waals surface area contributed by atoms with Crippen LogP contribution < -0.4 is 0 Å². The molecule has 1 unspecified atom stereocenters. The Morgan fingerprint density at radius 2 is 1.42 bits per heavy atom. The summed E-state index contributed by atoms with van der Waals surface area (Å²) in [4.78, 5) is 4.09. The molecule has 100 valence electrons. The number of hydrogen-bond donors (Lipinski definition) is 1. The van der Waals surface area contributed by atoms with Gasteiger partial charge in [0.05, 0.1) is 0 Å². The normalized spacial score (nSPS) is 12.5. The Morgan fingerprint density at radius 3 is 1.89 bits per heavy atom. The molecule has 2 rings (SSSR count). The van der Waals surface area contributed by atoms with Crippen molar-refractivity contribution >= 4 is 0 Å². The average molecular weight is 255 g/mol. The second-order valence-corrected chi connectivity index (χ2v) is 5.23. The Kier molecular flexibility index (Phi) is 3.72. The van der Waals surface area contributed by atoms with Crippen LogP contribution in [0.2, 0.25) is 0 Å². The third-order valence-electron chi connectivity index (χ3n) is 4.33. The van der Waals surface area contributed by atoms with Gasteiger partial charge in [0, 0.05) is 18.0 Å². The van der Waals surface area contributed by atoms with Gasteiger partial charge in [0.25, 0.3) is 0 Å². The highest BCUT2D eigenvalue weighted by Gasteiger charge is 2.19. The van der Waals surface area contributed by atoms with Crippen molar-refractivity contribution in [3.05, 3.63) is 63.5 Å². The van der Waals surface area contributed by atoms with Crippen LogP contribution in [0, 0.1) is 34.6 Å². The van der Waals surface area contributed by atoms with E-state index >= 15 is 0 Å². The quantitative estimate of drug-likeness (QED) is 0.887. The number of aliphatic hydroxyl groups excluding tert-OH is 1. The molecule has 0 aliphatic heterocycles. The molecule has 0 aliphatic rings. The number of nitrogens with zero attached hydrogens (tertiary/aromatic N) is 1. The van der Waals surface area contributed by atoms with Gasteiger partial charge in [-0.25, -0.2) is 0 Å². The second kappa shape index (κ2) is 5.14. The summed E-state index contributed by atoms with van der Waals surface area (Å²) < 4.78 is 0. The van der Waals surface area contributed by atoms with Gasteiger partial charge in [-0.05, 0) is 74.1 Å². The highest BCUT2D eigenvalue weighted by molar-refractivity contribution is 5.52. The van der Waals surface area contributed by atoms with Crippen molar-refractivity contribution in [1.29, 1.82) is 0 Å². The van der Waals surface area contributed by atoms with E-state index in [-0.39, 0.29) is 0 Å². The summed E-state index contributed by atoms with van der Waals surface area (Å²) in [6, 6.07) is 3.78. The summed E-state index contributed by atoms with van der Waals surface area (Å²) in [6.07, 6.45) is 2.85. The maximum Gasteiger partial charge on any atom is 0.106 e. The van der Waals surface area contributed by atoms with Crippen LogP contribution in [0.25, 0.3) is 0 Å². The van der Waals surface area contributed by atoms with Crippen LogP contribution in [0.15, 0.2) is 24.5 Å². The minimum absolute atomic E-state index is 0.605. The third kappa shape index (κ3) is 2.28. The molecule has 0 aliphatic carbocycles. The molecule has 2 nitrogen and oxygen atoms in total. The lowest BCUT2D eigenvalue weighted by Gasteiger charge is -2.22. The monoisotopic (exact) mass is 255 g/mol. The van der Waals surface area contributed by atoms with E-state index in [9.17, 15) is 5.11 Å². The zero-order valence-electron chi connectivity index (χ0n) is 12.3. The lowest BCUT2D eigenvalue weighted by atomic mass is 9.85. The van der Waals surface area contributed by atoms with Gasteiger partial charge in [-0.3, -0.25) is 4.98 Å². The molecule has 0 spiro atoms. The predicted octanol–water partition coefficient (Wildman–Crippen LogP) is 3.71. The van der Waals surface area contributed by atoms with Gasteiger partial charge < -0.3 is 5.11 Å². The number of aromatic nitrogens is 1. The Labute approximate surface area is 115 Å². The Morgan fingerprint density at radius 1 is 0.895 bits per heavy atom. The van der Waals surface area contributed by atoms with E-state index in [2.05, 4.69) is 39.6 Å². The van der Waals surface area contributed by atoms with E-state index in [1.165, 1.54) is 27.8 Å². The summed E-state index contributed by atoms with van der Waals surface area (Å²) >= 11 is 0. The average Bonchev–Trinajstić information content (AvgIpc) is 2.44.